The van der Waals surface area contributed by atoms with E-state index in [4.69, 9.17) is 4.42 Å². The first kappa shape index (κ1) is 13.0. The molecule has 0 atom stereocenters. The minimum Gasteiger partial charge on any atom is -0.438 e. The maximum Gasteiger partial charge on any atom is 0.300 e. The normalized spacial score (nSPS) is 10.8. The zero-order valence-electron chi connectivity index (χ0n) is 10.2. The van der Waals surface area contributed by atoms with Crippen LogP contribution in [0.5, 0.6) is 0 Å². The molecule has 4 rings (SSSR count). The van der Waals surface area contributed by atoms with Gasteiger partial charge in [-0.1, -0.05) is 35.0 Å². The Morgan fingerprint density at radius 2 is 1.95 bits per heavy atom. The number of nitrogens with zero attached hydrogens (tertiary/aromatic N) is 1. The van der Waals surface area contributed by atoms with Gasteiger partial charge in [-0.15, -0.1) is 17.5 Å². The van der Waals surface area contributed by atoms with Crippen molar-refractivity contribution in [1.82, 2.24) is 4.98 Å². The summed E-state index contributed by atoms with van der Waals surface area (Å²) in [6.07, 6.45) is 1.69. The van der Waals surface area contributed by atoms with Gasteiger partial charge >= 0.3 is 0 Å². The Hall–Kier alpha value is -2.03. The number of fused-ring (bicyclic) bond motifs is 5. The van der Waals surface area contributed by atoms with Crippen LogP contribution >= 0.6 is 0 Å². The second-order valence-corrected chi connectivity index (χ2v) is 4.37. The van der Waals surface area contributed by atoms with Crippen molar-refractivity contribution in [2.75, 3.05) is 0 Å². The van der Waals surface area contributed by atoms with Gasteiger partial charge in [0.05, 0.1) is 0 Å². The van der Waals surface area contributed by atoms with Crippen LogP contribution in [0.3, 0.4) is 0 Å². The third-order valence-corrected chi connectivity index (χ3v) is 3.27. The van der Waals surface area contributed by atoms with Gasteiger partial charge in [0.2, 0.25) is 0 Å². The summed E-state index contributed by atoms with van der Waals surface area (Å²) in [6.45, 7) is 0. The van der Waals surface area contributed by atoms with Crippen LogP contribution in [-0.2, 0) is 20.1 Å². The van der Waals surface area contributed by atoms with Gasteiger partial charge in [-0.2, -0.15) is 0 Å². The molecule has 2 aromatic carbocycles. The summed E-state index contributed by atoms with van der Waals surface area (Å²) in [6, 6.07) is 16.2. The van der Waals surface area contributed by atoms with Crippen LogP contribution in [0, 0.1) is 6.07 Å². The summed E-state index contributed by atoms with van der Waals surface area (Å²) in [5.74, 6) is 0. The number of aromatic nitrogens is 1. The standard InChI is InChI=1S/C16H8NO2.Ir/c18-16-14-11-5-2-1-4-10(11)7-8-12(14)15-13(19-16)6-3-9-17-15;/h1-7,9H;/q-1;. The fraction of sp³-hybridized carbons (Fsp3) is 0. The van der Waals surface area contributed by atoms with Crippen LogP contribution in [0.1, 0.15) is 0 Å². The topological polar surface area (TPSA) is 43.1 Å². The zero-order valence-corrected chi connectivity index (χ0v) is 12.6. The van der Waals surface area contributed by atoms with Crippen molar-refractivity contribution in [3.63, 3.8) is 0 Å². The molecule has 0 bridgehead atoms. The Kier molecular flexibility index (Phi) is 3.13. The molecule has 0 saturated carbocycles. The van der Waals surface area contributed by atoms with Crippen LogP contribution in [0.2, 0.25) is 0 Å². The van der Waals surface area contributed by atoms with Crippen LogP contribution in [0.25, 0.3) is 32.6 Å². The predicted octanol–water partition coefficient (Wildman–Crippen LogP) is 3.29. The van der Waals surface area contributed by atoms with E-state index in [1.165, 1.54) is 0 Å². The van der Waals surface area contributed by atoms with Crippen molar-refractivity contribution in [3.05, 3.63) is 65.1 Å². The van der Waals surface area contributed by atoms with E-state index in [9.17, 15) is 4.79 Å². The third-order valence-electron chi connectivity index (χ3n) is 3.27. The SMILES string of the molecule is O=c1oc2cccnc2c2[c-]cc3ccccc3c12.[Ir]. The van der Waals surface area contributed by atoms with Gasteiger partial charge in [0.15, 0.2) is 0 Å². The van der Waals surface area contributed by atoms with E-state index in [1.807, 2.05) is 30.3 Å². The molecule has 2 heterocycles. The molecule has 0 aliphatic carbocycles. The van der Waals surface area contributed by atoms with Crippen LogP contribution < -0.4 is 5.63 Å². The Morgan fingerprint density at radius 3 is 2.85 bits per heavy atom. The Balaban J connectivity index is 0.00000121. The minimum atomic E-state index is -0.344. The number of hydrogen-bond donors (Lipinski definition) is 0. The average Bonchev–Trinajstić information content (AvgIpc) is 2.46. The van der Waals surface area contributed by atoms with E-state index >= 15 is 0 Å². The van der Waals surface area contributed by atoms with E-state index in [2.05, 4.69) is 11.1 Å². The molecule has 0 N–H and O–H groups in total. The summed E-state index contributed by atoms with van der Waals surface area (Å²) in [7, 11) is 0. The molecule has 20 heavy (non-hydrogen) atoms. The molecule has 0 saturated heterocycles. The van der Waals surface area contributed by atoms with E-state index in [-0.39, 0.29) is 25.7 Å². The van der Waals surface area contributed by atoms with Crippen LogP contribution in [0.15, 0.2) is 57.9 Å². The summed E-state index contributed by atoms with van der Waals surface area (Å²) in [5, 5.41) is 3.10. The van der Waals surface area contributed by atoms with E-state index in [0.717, 1.165) is 10.8 Å². The quantitative estimate of drug-likeness (QED) is 0.313. The maximum absolute atomic E-state index is 12.2. The Bertz CT molecular complexity index is 992. The maximum atomic E-state index is 12.2. The van der Waals surface area contributed by atoms with Crippen molar-refractivity contribution < 1.29 is 24.5 Å². The Morgan fingerprint density at radius 1 is 1.10 bits per heavy atom. The number of hydrogen-bond acceptors (Lipinski definition) is 3. The third kappa shape index (κ3) is 1.77. The fourth-order valence-electron chi connectivity index (χ4n) is 2.42. The van der Waals surface area contributed by atoms with Crippen molar-refractivity contribution in [2.24, 2.45) is 0 Å². The Labute approximate surface area is 127 Å². The summed E-state index contributed by atoms with van der Waals surface area (Å²) < 4.78 is 5.34. The van der Waals surface area contributed by atoms with Crippen molar-refractivity contribution in [3.8, 4) is 0 Å². The van der Waals surface area contributed by atoms with E-state index in [0.29, 0.717) is 21.9 Å². The molecule has 99 valence electrons. The van der Waals surface area contributed by atoms with Gasteiger partial charge in [-0.3, -0.25) is 4.79 Å². The first-order valence-corrected chi connectivity index (χ1v) is 5.95. The van der Waals surface area contributed by atoms with Gasteiger partial charge in [-0.05, 0) is 17.5 Å². The summed E-state index contributed by atoms with van der Waals surface area (Å²) in [5.41, 5.74) is 0.818. The molecule has 2 aromatic heterocycles. The molecule has 0 unspecified atom stereocenters. The van der Waals surface area contributed by atoms with Gasteiger partial charge < -0.3 is 9.40 Å². The largest absolute Gasteiger partial charge is 0.438 e. The molecule has 4 heteroatoms. The second-order valence-electron chi connectivity index (χ2n) is 4.37. The predicted molar refractivity (Wildman–Crippen MR) is 74.1 cm³/mol. The fourth-order valence-corrected chi connectivity index (χ4v) is 2.42. The number of rotatable bonds is 0. The summed E-state index contributed by atoms with van der Waals surface area (Å²) in [4.78, 5) is 16.5. The average molecular weight is 438 g/mol. The number of benzene rings is 2. The van der Waals surface area contributed by atoms with Crippen LogP contribution in [0.4, 0.5) is 0 Å². The molecule has 0 fully saturated rings. The van der Waals surface area contributed by atoms with Crippen molar-refractivity contribution >= 4 is 32.6 Å². The van der Waals surface area contributed by atoms with Gasteiger partial charge in [0, 0.05) is 31.8 Å². The molecular weight excluding hydrogens is 430 g/mol. The monoisotopic (exact) mass is 439 g/mol. The second kappa shape index (κ2) is 4.82. The van der Waals surface area contributed by atoms with E-state index in [1.54, 1.807) is 18.3 Å². The van der Waals surface area contributed by atoms with Gasteiger partial charge in [-0.25, -0.2) is 0 Å². The number of pyridine rings is 1. The van der Waals surface area contributed by atoms with Crippen LogP contribution in [-0.4, -0.2) is 4.98 Å². The first-order valence-electron chi connectivity index (χ1n) is 5.95. The minimum absolute atomic E-state index is 0. The smallest absolute Gasteiger partial charge is 0.300 e. The molecular formula is C16H8IrNO2-. The van der Waals surface area contributed by atoms with Gasteiger partial charge in [0.25, 0.3) is 5.63 Å². The molecule has 1 radical (unpaired) electrons. The van der Waals surface area contributed by atoms with Crippen molar-refractivity contribution in [1.29, 1.82) is 0 Å². The van der Waals surface area contributed by atoms with E-state index < -0.39 is 0 Å². The van der Waals surface area contributed by atoms with Gasteiger partial charge in [0.1, 0.15) is 5.58 Å². The molecule has 4 aromatic rings. The first-order chi connectivity index (χ1) is 9.34. The zero-order chi connectivity index (χ0) is 12.8. The molecule has 0 amide bonds. The molecule has 0 aliphatic rings. The molecule has 3 nitrogen and oxygen atoms in total. The molecule has 0 spiro atoms. The summed E-state index contributed by atoms with van der Waals surface area (Å²) >= 11 is 0. The van der Waals surface area contributed by atoms with Crippen molar-refractivity contribution in [2.45, 2.75) is 0 Å². The molecule has 0 aliphatic heterocycles.